The molecule has 0 radical (unpaired) electrons. The van der Waals surface area contributed by atoms with Gasteiger partial charge in [0, 0.05) is 43.2 Å². The minimum Gasteiger partial charge on any atom is -0.378 e. The van der Waals surface area contributed by atoms with Gasteiger partial charge in [-0.2, -0.15) is 0 Å². The fraction of sp³-hybridized carbons (Fsp3) is 0.435. The highest BCUT2D eigenvalue weighted by molar-refractivity contribution is 5.80. The van der Waals surface area contributed by atoms with Crippen LogP contribution in [0.25, 0.3) is 0 Å². The molecule has 0 bridgehead atoms. The summed E-state index contributed by atoms with van der Waals surface area (Å²) in [7, 11) is 4.13. The second kappa shape index (κ2) is 7.73. The predicted molar refractivity (Wildman–Crippen MR) is 109 cm³/mol. The van der Waals surface area contributed by atoms with E-state index in [1.54, 1.807) is 4.90 Å². The van der Waals surface area contributed by atoms with E-state index in [2.05, 4.69) is 72.8 Å². The number of anilines is 1. The molecule has 27 heavy (non-hydrogen) atoms. The maximum atomic E-state index is 12.2. The van der Waals surface area contributed by atoms with Crippen molar-refractivity contribution in [1.82, 2.24) is 5.32 Å². The number of carbonyl (C=O) groups excluding carboxylic acids is 1. The number of benzene rings is 2. The molecular weight excluding hydrogens is 334 g/mol. The Labute approximate surface area is 162 Å². The van der Waals surface area contributed by atoms with Crippen LogP contribution in [-0.2, 0) is 17.8 Å². The van der Waals surface area contributed by atoms with Crippen LogP contribution in [0.15, 0.2) is 48.5 Å². The normalized spacial score (nSPS) is 19.9. The first-order chi connectivity index (χ1) is 13.1. The van der Waals surface area contributed by atoms with Crippen LogP contribution in [0.2, 0.25) is 0 Å². The highest BCUT2D eigenvalue weighted by atomic mass is 16.2. The average Bonchev–Trinajstić information content (AvgIpc) is 3.53. The molecule has 1 aliphatic heterocycles. The van der Waals surface area contributed by atoms with Crippen molar-refractivity contribution >= 4 is 11.6 Å². The lowest BCUT2D eigenvalue weighted by atomic mass is 9.96. The summed E-state index contributed by atoms with van der Waals surface area (Å²) in [5, 5.41) is 3.23. The zero-order valence-electron chi connectivity index (χ0n) is 16.4. The van der Waals surface area contributed by atoms with Crippen molar-refractivity contribution in [1.29, 1.82) is 0 Å². The minimum absolute atomic E-state index is 0.238. The summed E-state index contributed by atoms with van der Waals surface area (Å²) < 4.78 is 0. The van der Waals surface area contributed by atoms with Gasteiger partial charge in [0.2, 0.25) is 5.91 Å². The zero-order chi connectivity index (χ0) is 18.8. The number of nitrogens with zero attached hydrogens (tertiary/aromatic N) is 1. The van der Waals surface area contributed by atoms with Gasteiger partial charge in [0.05, 0.1) is 13.1 Å². The predicted octanol–water partition coefficient (Wildman–Crippen LogP) is 1.96. The van der Waals surface area contributed by atoms with E-state index in [-0.39, 0.29) is 17.9 Å². The van der Waals surface area contributed by atoms with Crippen LogP contribution in [0.5, 0.6) is 0 Å². The van der Waals surface area contributed by atoms with Gasteiger partial charge < -0.3 is 15.1 Å². The summed E-state index contributed by atoms with van der Waals surface area (Å²) in [6.07, 6.45) is 3.21. The van der Waals surface area contributed by atoms with E-state index >= 15 is 0 Å². The Morgan fingerprint density at radius 2 is 1.81 bits per heavy atom. The first-order valence-electron chi connectivity index (χ1n) is 10.1. The van der Waals surface area contributed by atoms with Gasteiger partial charge in [-0.05, 0) is 30.5 Å². The van der Waals surface area contributed by atoms with Crippen LogP contribution in [0, 0.1) is 5.92 Å². The van der Waals surface area contributed by atoms with E-state index < -0.39 is 0 Å². The largest absolute Gasteiger partial charge is 0.378 e. The first-order valence-corrected chi connectivity index (χ1v) is 10.1. The number of hydrogen-bond acceptors (Lipinski definition) is 2. The number of hydrogen-bond donors (Lipinski definition) is 2. The number of amides is 1. The topological polar surface area (TPSA) is 36.8 Å². The quantitative estimate of drug-likeness (QED) is 0.822. The fourth-order valence-electron chi connectivity index (χ4n) is 4.09. The molecule has 0 aromatic heterocycles. The SMILES string of the molecule is CN(C)c1ccc([C@H](CNC(=O)C2CC2)[NH+]2CCc3ccccc3C2)cc1. The molecule has 1 unspecified atom stereocenters. The van der Waals surface area contributed by atoms with Crippen molar-refractivity contribution in [2.24, 2.45) is 5.92 Å². The molecule has 142 valence electrons. The molecule has 1 amide bonds. The van der Waals surface area contributed by atoms with Gasteiger partial charge in [0.25, 0.3) is 0 Å². The third-order valence-corrected chi connectivity index (χ3v) is 5.98. The summed E-state index contributed by atoms with van der Waals surface area (Å²) in [6, 6.07) is 17.9. The van der Waals surface area contributed by atoms with Crippen molar-refractivity contribution in [3.05, 3.63) is 65.2 Å². The van der Waals surface area contributed by atoms with Crippen LogP contribution in [0.4, 0.5) is 5.69 Å². The van der Waals surface area contributed by atoms with E-state index in [1.165, 1.54) is 22.4 Å². The van der Waals surface area contributed by atoms with Crippen molar-refractivity contribution < 1.29 is 9.69 Å². The monoisotopic (exact) mass is 364 g/mol. The van der Waals surface area contributed by atoms with Gasteiger partial charge in [-0.1, -0.05) is 36.4 Å². The molecule has 4 heteroatoms. The van der Waals surface area contributed by atoms with Crippen molar-refractivity contribution in [2.75, 3.05) is 32.1 Å². The first kappa shape index (κ1) is 18.1. The molecule has 2 aliphatic rings. The van der Waals surface area contributed by atoms with Gasteiger partial charge in [-0.3, -0.25) is 4.79 Å². The number of carbonyl (C=O) groups is 1. The summed E-state index contributed by atoms with van der Waals surface area (Å²) in [5.41, 5.74) is 5.44. The van der Waals surface area contributed by atoms with E-state index in [0.29, 0.717) is 6.54 Å². The lowest BCUT2D eigenvalue weighted by molar-refractivity contribution is -0.945. The highest BCUT2D eigenvalue weighted by Crippen LogP contribution is 2.29. The zero-order valence-corrected chi connectivity index (χ0v) is 16.4. The Hall–Kier alpha value is -2.33. The van der Waals surface area contributed by atoms with Crippen LogP contribution in [0.3, 0.4) is 0 Å². The number of rotatable bonds is 6. The molecule has 2 atom stereocenters. The summed E-state index contributed by atoms with van der Waals surface area (Å²) in [6.45, 7) is 2.85. The van der Waals surface area contributed by atoms with Gasteiger partial charge in [-0.25, -0.2) is 0 Å². The Morgan fingerprint density at radius 1 is 1.11 bits per heavy atom. The van der Waals surface area contributed by atoms with Crippen molar-refractivity contribution in [2.45, 2.75) is 31.8 Å². The van der Waals surface area contributed by atoms with Crippen LogP contribution >= 0.6 is 0 Å². The standard InChI is InChI=1S/C23H29N3O/c1-25(2)21-11-9-18(10-12-21)22(15-24-23(27)19-7-8-19)26-14-13-17-5-3-4-6-20(17)16-26/h3-6,9-12,19,22H,7-8,13-16H2,1-2H3,(H,24,27)/p+1/t22-/m0/s1. The molecule has 0 spiro atoms. The number of quaternary nitrogens is 1. The molecule has 2 N–H and O–H groups in total. The van der Waals surface area contributed by atoms with E-state index in [9.17, 15) is 4.79 Å². The molecule has 0 saturated heterocycles. The Kier molecular flexibility index (Phi) is 5.17. The number of nitrogens with one attached hydrogen (secondary N) is 2. The third-order valence-electron chi connectivity index (χ3n) is 5.98. The molecule has 1 heterocycles. The van der Waals surface area contributed by atoms with Crippen molar-refractivity contribution in [3.8, 4) is 0 Å². The number of fused-ring (bicyclic) bond motifs is 1. The Balaban J connectivity index is 1.54. The highest BCUT2D eigenvalue weighted by Gasteiger charge is 2.32. The summed E-state index contributed by atoms with van der Waals surface area (Å²) >= 11 is 0. The third kappa shape index (κ3) is 4.16. The van der Waals surface area contributed by atoms with E-state index in [4.69, 9.17) is 0 Å². The second-order valence-electron chi connectivity index (χ2n) is 8.16. The van der Waals surface area contributed by atoms with Gasteiger partial charge in [0.1, 0.15) is 12.6 Å². The van der Waals surface area contributed by atoms with Crippen LogP contribution < -0.4 is 15.1 Å². The van der Waals surface area contributed by atoms with Crippen LogP contribution in [-0.4, -0.2) is 33.1 Å². The Bertz CT molecular complexity index is 796. The fourth-order valence-corrected chi connectivity index (χ4v) is 4.09. The molecule has 1 aliphatic carbocycles. The molecule has 4 nitrogen and oxygen atoms in total. The van der Waals surface area contributed by atoms with Gasteiger partial charge in [0.15, 0.2) is 0 Å². The molecule has 2 aromatic carbocycles. The molecule has 1 saturated carbocycles. The van der Waals surface area contributed by atoms with Gasteiger partial charge in [-0.15, -0.1) is 0 Å². The summed E-state index contributed by atoms with van der Waals surface area (Å²) in [5.74, 6) is 0.501. The van der Waals surface area contributed by atoms with Gasteiger partial charge >= 0.3 is 0 Å². The molecular formula is C23H30N3O+. The maximum Gasteiger partial charge on any atom is 0.223 e. The average molecular weight is 365 g/mol. The van der Waals surface area contributed by atoms with Crippen molar-refractivity contribution in [3.63, 3.8) is 0 Å². The van der Waals surface area contributed by atoms with Crippen LogP contribution in [0.1, 0.15) is 35.6 Å². The molecule has 2 aromatic rings. The smallest absolute Gasteiger partial charge is 0.223 e. The summed E-state index contributed by atoms with van der Waals surface area (Å²) in [4.78, 5) is 15.9. The van der Waals surface area contributed by atoms with E-state index in [1.807, 2.05) is 0 Å². The lowest BCUT2D eigenvalue weighted by Gasteiger charge is -2.33. The minimum atomic E-state index is 0.238. The molecule has 1 fully saturated rings. The maximum absolute atomic E-state index is 12.2. The second-order valence-corrected chi connectivity index (χ2v) is 8.16. The lowest BCUT2D eigenvalue weighted by Crippen LogP contribution is -3.12. The molecule has 4 rings (SSSR count). The van der Waals surface area contributed by atoms with E-state index in [0.717, 1.165) is 32.4 Å². The Morgan fingerprint density at radius 3 is 2.48 bits per heavy atom.